The smallest absolute Gasteiger partial charge is 0.139 e. The minimum absolute atomic E-state index is 0.00347. The molecule has 2 nitrogen and oxygen atoms in total. The second kappa shape index (κ2) is 1.92. The number of aliphatic hydroxyl groups is 1. The summed E-state index contributed by atoms with van der Waals surface area (Å²) in [6.45, 7) is 6.23. The molecule has 0 heterocycles. The second-order valence-corrected chi connectivity index (χ2v) is 5.06. The molecule has 0 aromatic rings. The SMILES string of the molecule is CC1(C)[C@H]2CC(=O)[C@]1(C)C[C@@H]2O. The maximum atomic E-state index is 11.6. The molecule has 2 aliphatic rings. The molecule has 0 spiro atoms. The molecule has 2 saturated carbocycles. The Bertz CT molecular complexity index is 244. The van der Waals surface area contributed by atoms with Crippen molar-refractivity contribution in [2.24, 2.45) is 16.7 Å². The van der Waals surface area contributed by atoms with Gasteiger partial charge >= 0.3 is 0 Å². The lowest BCUT2D eigenvalue weighted by Crippen LogP contribution is -2.32. The number of hydrogen-bond acceptors (Lipinski definition) is 2. The molecule has 12 heavy (non-hydrogen) atoms. The number of Topliss-reactive ketones (excluding diaryl/α,β-unsaturated/α-hetero) is 1. The maximum Gasteiger partial charge on any atom is 0.139 e. The van der Waals surface area contributed by atoms with Crippen LogP contribution in [0.1, 0.15) is 33.6 Å². The van der Waals surface area contributed by atoms with E-state index < -0.39 is 0 Å². The van der Waals surface area contributed by atoms with Crippen LogP contribution in [-0.4, -0.2) is 17.0 Å². The first-order chi connectivity index (χ1) is 5.39. The van der Waals surface area contributed by atoms with Gasteiger partial charge in [0.15, 0.2) is 0 Å². The van der Waals surface area contributed by atoms with E-state index in [9.17, 15) is 9.90 Å². The highest BCUT2D eigenvalue weighted by atomic mass is 16.3. The van der Waals surface area contributed by atoms with Crippen LogP contribution in [0, 0.1) is 16.7 Å². The van der Waals surface area contributed by atoms with Gasteiger partial charge < -0.3 is 5.11 Å². The molecule has 1 N–H and O–H groups in total. The van der Waals surface area contributed by atoms with E-state index in [2.05, 4.69) is 13.8 Å². The lowest BCUT2D eigenvalue weighted by Gasteiger charge is -2.31. The first kappa shape index (κ1) is 8.24. The van der Waals surface area contributed by atoms with Crippen molar-refractivity contribution in [2.45, 2.75) is 39.7 Å². The Balaban J connectivity index is 2.47. The number of fused-ring (bicyclic) bond motifs is 2. The highest BCUT2D eigenvalue weighted by molar-refractivity contribution is 5.89. The molecule has 0 saturated heterocycles. The molecule has 2 aliphatic carbocycles. The van der Waals surface area contributed by atoms with Gasteiger partial charge in [-0.25, -0.2) is 0 Å². The minimum Gasteiger partial charge on any atom is -0.393 e. The van der Waals surface area contributed by atoms with Gasteiger partial charge in [-0.1, -0.05) is 20.8 Å². The van der Waals surface area contributed by atoms with Gasteiger partial charge in [0.2, 0.25) is 0 Å². The molecular formula is C10H16O2. The zero-order chi connectivity index (χ0) is 9.15. The summed E-state index contributed by atoms with van der Waals surface area (Å²) < 4.78 is 0. The molecule has 68 valence electrons. The predicted octanol–water partition coefficient (Wildman–Crippen LogP) is 1.37. The molecule has 0 aromatic carbocycles. The molecule has 0 amide bonds. The number of hydrogen-bond donors (Lipinski definition) is 1. The van der Waals surface area contributed by atoms with Crippen LogP contribution in [0.15, 0.2) is 0 Å². The van der Waals surface area contributed by atoms with Crippen molar-refractivity contribution < 1.29 is 9.90 Å². The van der Waals surface area contributed by atoms with E-state index in [1.54, 1.807) is 0 Å². The zero-order valence-corrected chi connectivity index (χ0v) is 7.92. The Kier molecular flexibility index (Phi) is 1.32. The van der Waals surface area contributed by atoms with Crippen LogP contribution in [-0.2, 0) is 4.79 Å². The van der Waals surface area contributed by atoms with Crippen LogP contribution >= 0.6 is 0 Å². The summed E-state index contributed by atoms with van der Waals surface area (Å²) in [4.78, 5) is 11.6. The number of rotatable bonds is 0. The van der Waals surface area contributed by atoms with Gasteiger partial charge in [0.05, 0.1) is 6.10 Å². The molecule has 0 unspecified atom stereocenters. The molecular weight excluding hydrogens is 152 g/mol. The third-order valence-electron chi connectivity index (χ3n) is 4.45. The fourth-order valence-corrected chi connectivity index (χ4v) is 3.00. The third-order valence-corrected chi connectivity index (χ3v) is 4.45. The van der Waals surface area contributed by atoms with Crippen molar-refractivity contribution in [3.05, 3.63) is 0 Å². The van der Waals surface area contributed by atoms with Gasteiger partial charge in [-0.05, 0) is 17.8 Å². The average Bonchev–Trinajstić information content (AvgIpc) is 2.18. The van der Waals surface area contributed by atoms with E-state index in [-0.39, 0.29) is 22.9 Å². The van der Waals surface area contributed by atoms with Crippen LogP contribution < -0.4 is 0 Å². The summed E-state index contributed by atoms with van der Waals surface area (Å²) in [5, 5.41) is 9.69. The summed E-state index contributed by atoms with van der Waals surface area (Å²) in [7, 11) is 0. The highest BCUT2D eigenvalue weighted by Gasteiger charge is 2.65. The van der Waals surface area contributed by atoms with Crippen molar-refractivity contribution in [1.82, 2.24) is 0 Å². The largest absolute Gasteiger partial charge is 0.393 e. The molecule has 0 radical (unpaired) electrons. The second-order valence-electron chi connectivity index (χ2n) is 5.06. The van der Waals surface area contributed by atoms with Crippen LogP contribution in [0.4, 0.5) is 0 Å². The number of aliphatic hydroxyl groups excluding tert-OH is 1. The Hall–Kier alpha value is -0.370. The van der Waals surface area contributed by atoms with Gasteiger partial charge in [-0.3, -0.25) is 4.79 Å². The summed E-state index contributed by atoms with van der Waals surface area (Å²) in [5.74, 6) is 0.554. The predicted molar refractivity (Wildman–Crippen MR) is 45.6 cm³/mol. The van der Waals surface area contributed by atoms with Gasteiger partial charge in [0.1, 0.15) is 5.78 Å². The first-order valence-electron chi connectivity index (χ1n) is 4.61. The quantitative estimate of drug-likeness (QED) is 0.593. The van der Waals surface area contributed by atoms with E-state index >= 15 is 0 Å². The number of ketones is 1. The topological polar surface area (TPSA) is 37.3 Å². The lowest BCUT2D eigenvalue weighted by molar-refractivity contribution is -0.129. The van der Waals surface area contributed by atoms with E-state index in [0.29, 0.717) is 18.6 Å². The van der Waals surface area contributed by atoms with Crippen molar-refractivity contribution in [3.63, 3.8) is 0 Å². The Labute approximate surface area is 73.0 Å². The summed E-state index contributed by atoms with van der Waals surface area (Å²) in [6, 6.07) is 0. The monoisotopic (exact) mass is 168 g/mol. The van der Waals surface area contributed by atoms with Crippen molar-refractivity contribution in [2.75, 3.05) is 0 Å². The zero-order valence-electron chi connectivity index (χ0n) is 7.92. The van der Waals surface area contributed by atoms with Gasteiger partial charge in [0, 0.05) is 11.8 Å². The summed E-state index contributed by atoms with van der Waals surface area (Å²) in [6.07, 6.45) is 1.01. The van der Waals surface area contributed by atoms with Gasteiger partial charge in [0.25, 0.3) is 0 Å². The third kappa shape index (κ3) is 0.634. The van der Waals surface area contributed by atoms with Crippen LogP contribution in [0.2, 0.25) is 0 Å². The van der Waals surface area contributed by atoms with Gasteiger partial charge in [-0.15, -0.1) is 0 Å². The molecule has 2 rings (SSSR count). The molecule has 3 atom stereocenters. The number of carbonyl (C=O) groups is 1. The van der Waals surface area contributed by atoms with E-state index in [4.69, 9.17) is 0 Å². The number of carbonyl (C=O) groups excluding carboxylic acids is 1. The van der Waals surface area contributed by atoms with Crippen molar-refractivity contribution in [1.29, 1.82) is 0 Å². The summed E-state index contributed by atoms with van der Waals surface area (Å²) >= 11 is 0. The molecule has 0 aliphatic heterocycles. The minimum atomic E-state index is -0.253. The lowest BCUT2D eigenvalue weighted by atomic mass is 9.70. The first-order valence-corrected chi connectivity index (χ1v) is 4.61. The average molecular weight is 168 g/mol. The Morgan fingerprint density at radius 1 is 1.42 bits per heavy atom. The fraction of sp³-hybridized carbons (Fsp3) is 0.900. The standard InChI is InChI=1S/C10H16O2/c1-9(2)6-4-8(12)10(9,3)5-7(6)11/h6-7,11H,4-5H2,1-3H3/t6-,7-,10-/m0/s1. The Morgan fingerprint density at radius 2 is 2.00 bits per heavy atom. The van der Waals surface area contributed by atoms with E-state index in [1.165, 1.54) is 0 Å². The van der Waals surface area contributed by atoms with E-state index in [0.717, 1.165) is 0 Å². The van der Waals surface area contributed by atoms with Crippen LogP contribution in [0.3, 0.4) is 0 Å². The van der Waals surface area contributed by atoms with Crippen LogP contribution in [0.5, 0.6) is 0 Å². The van der Waals surface area contributed by atoms with Crippen molar-refractivity contribution in [3.8, 4) is 0 Å². The van der Waals surface area contributed by atoms with Gasteiger partial charge in [-0.2, -0.15) is 0 Å². The maximum absolute atomic E-state index is 11.6. The molecule has 2 fully saturated rings. The molecule has 0 aromatic heterocycles. The van der Waals surface area contributed by atoms with Crippen molar-refractivity contribution >= 4 is 5.78 Å². The normalized spacial score (nSPS) is 50.2. The molecule has 2 bridgehead atoms. The highest BCUT2D eigenvalue weighted by Crippen LogP contribution is 2.63. The molecule has 2 heteroatoms. The fourth-order valence-electron chi connectivity index (χ4n) is 3.00. The Morgan fingerprint density at radius 3 is 2.25 bits per heavy atom. The van der Waals surface area contributed by atoms with E-state index in [1.807, 2.05) is 6.92 Å². The summed E-state index contributed by atoms with van der Waals surface area (Å²) in [5.41, 5.74) is -0.249. The van der Waals surface area contributed by atoms with Crippen LogP contribution in [0.25, 0.3) is 0 Å².